The topological polar surface area (TPSA) is 73.2 Å². The zero-order chi connectivity index (χ0) is 14.8. The molecule has 2 rings (SSSR count). The van der Waals surface area contributed by atoms with Crippen molar-refractivity contribution in [1.82, 2.24) is 9.80 Å². The van der Waals surface area contributed by atoms with Gasteiger partial charge in [-0.3, -0.25) is 9.80 Å². The molecule has 2 fully saturated rings. The molecule has 0 aromatic heterocycles. The smallest absolute Gasteiger partial charge is 0.332 e. The van der Waals surface area contributed by atoms with E-state index in [1.165, 1.54) is 0 Å². The lowest BCUT2D eigenvalue weighted by atomic mass is 10.1. The molecule has 6 heteroatoms. The van der Waals surface area contributed by atoms with E-state index in [1.807, 2.05) is 13.8 Å². The van der Waals surface area contributed by atoms with Gasteiger partial charge in [-0.1, -0.05) is 0 Å². The van der Waals surface area contributed by atoms with Crippen LogP contribution < -0.4 is 0 Å². The third-order valence-electron chi connectivity index (χ3n) is 3.92. The van der Waals surface area contributed by atoms with Gasteiger partial charge in [0.25, 0.3) is 0 Å². The summed E-state index contributed by atoms with van der Waals surface area (Å²) in [5.74, 6) is -0.845. The Kier molecular flexibility index (Phi) is 5.01. The molecule has 0 spiro atoms. The molecule has 2 saturated heterocycles. The van der Waals surface area contributed by atoms with Crippen molar-refractivity contribution in [1.29, 1.82) is 0 Å². The molecule has 0 bridgehead atoms. The lowest BCUT2D eigenvalue weighted by Gasteiger charge is -2.38. The van der Waals surface area contributed by atoms with E-state index in [0.717, 1.165) is 39.1 Å². The van der Waals surface area contributed by atoms with Gasteiger partial charge in [0, 0.05) is 39.3 Å². The molecule has 2 unspecified atom stereocenters. The standard InChI is InChI=1S/C14H26N2O4/c1-14(2,19)10-16-7-5-15(6-8-16)9-11-3-4-12(20-11)13(17)18/h11-12,19H,3-10H2,1-2H3,(H,17,18). The number of carboxylic acid groups (broad SMARTS) is 1. The third-order valence-corrected chi connectivity index (χ3v) is 3.92. The molecule has 2 N–H and O–H groups in total. The number of rotatable bonds is 5. The minimum absolute atomic E-state index is 0.0527. The van der Waals surface area contributed by atoms with Gasteiger partial charge in [0.2, 0.25) is 0 Å². The van der Waals surface area contributed by atoms with Crippen LogP contribution in [0.25, 0.3) is 0 Å². The molecule has 2 heterocycles. The summed E-state index contributed by atoms with van der Waals surface area (Å²) in [6, 6.07) is 0. The number of hydrogen-bond donors (Lipinski definition) is 2. The molecule has 2 aliphatic heterocycles. The molecule has 0 aromatic rings. The van der Waals surface area contributed by atoms with Crippen LogP contribution in [0.4, 0.5) is 0 Å². The predicted molar refractivity (Wildman–Crippen MR) is 74.7 cm³/mol. The first-order chi connectivity index (χ1) is 9.33. The number of piperazine rings is 1. The van der Waals surface area contributed by atoms with Crippen molar-refractivity contribution < 1.29 is 19.7 Å². The number of β-amino-alcohol motifs (C(OH)–C–C–N with tert-alkyl or cyclic N) is 1. The molecule has 116 valence electrons. The van der Waals surface area contributed by atoms with Gasteiger partial charge < -0.3 is 14.9 Å². The second-order valence-electron chi connectivity index (χ2n) is 6.55. The van der Waals surface area contributed by atoms with Gasteiger partial charge in [-0.2, -0.15) is 0 Å². The first-order valence-electron chi connectivity index (χ1n) is 7.39. The quantitative estimate of drug-likeness (QED) is 0.741. The van der Waals surface area contributed by atoms with Crippen molar-refractivity contribution >= 4 is 5.97 Å². The van der Waals surface area contributed by atoms with E-state index < -0.39 is 17.7 Å². The summed E-state index contributed by atoms with van der Waals surface area (Å²) < 4.78 is 5.54. The number of aliphatic carboxylic acids is 1. The first kappa shape index (κ1) is 15.7. The molecule has 0 radical (unpaired) electrons. The average Bonchev–Trinajstić information content (AvgIpc) is 2.78. The highest BCUT2D eigenvalue weighted by molar-refractivity contribution is 5.72. The molecule has 6 nitrogen and oxygen atoms in total. The van der Waals surface area contributed by atoms with E-state index in [9.17, 15) is 9.90 Å². The summed E-state index contributed by atoms with van der Waals surface area (Å²) in [6.07, 6.45) is 0.896. The van der Waals surface area contributed by atoms with E-state index in [-0.39, 0.29) is 6.10 Å². The Balaban J connectivity index is 1.69. The fraction of sp³-hybridized carbons (Fsp3) is 0.929. The van der Waals surface area contributed by atoms with E-state index in [4.69, 9.17) is 9.84 Å². The Morgan fingerprint density at radius 2 is 1.80 bits per heavy atom. The molecule has 0 amide bonds. The van der Waals surface area contributed by atoms with Crippen molar-refractivity contribution in [2.24, 2.45) is 0 Å². The van der Waals surface area contributed by atoms with Gasteiger partial charge in [-0.05, 0) is 26.7 Å². The molecule has 20 heavy (non-hydrogen) atoms. The van der Waals surface area contributed by atoms with E-state index in [0.29, 0.717) is 13.0 Å². The maximum absolute atomic E-state index is 10.8. The highest BCUT2D eigenvalue weighted by Crippen LogP contribution is 2.21. The van der Waals surface area contributed by atoms with Crippen LogP contribution in [-0.4, -0.2) is 83.1 Å². The number of carboxylic acids is 1. The number of carbonyl (C=O) groups is 1. The molecule has 0 aromatic carbocycles. The van der Waals surface area contributed by atoms with Gasteiger partial charge in [-0.25, -0.2) is 4.79 Å². The molecule has 2 aliphatic rings. The molecule has 0 aliphatic carbocycles. The van der Waals surface area contributed by atoms with Crippen LogP contribution >= 0.6 is 0 Å². The van der Waals surface area contributed by atoms with Crippen molar-refractivity contribution in [2.75, 3.05) is 39.3 Å². The van der Waals surface area contributed by atoms with Crippen molar-refractivity contribution in [3.8, 4) is 0 Å². The van der Waals surface area contributed by atoms with Gasteiger partial charge in [0.1, 0.15) is 0 Å². The van der Waals surface area contributed by atoms with Gasteiger partial charge in [0.05, 0.1) is 11.7 Å². The summed E-state index contributed by atoms with van der Waals surface area (Å²) in [7, 11) is 0. The SMILES string of the molecule is CC(C)(O)CN1CCN(CC2CCC(C(=O)O)O2)CC1. The van der Waals surface area contributed by atoms with Gasteiger partial charge in [-0.15, -0.1) is 0 Å². The predicted octanol–water partition coefficient (Wildman–Crippen LogP) is 0.00710. The van der Waals surface area contributed by atoms with Crippen molar-refractivity contribution in [3.63, 3.8) is 0 Å². The monoisotopic (exact) mass is 286 g/mol. The number of aliphatic hydroxyl groups is 1. The number of nitrogens with zero attached hydrogens (tertiary/aromatic N) is 2. The number of hydrogen-bond acceptors (Lipinski definition) is 5. The minimum Gasteiger partial charge on any atom is -0.479 e. The highest BCUT2D eigenvalue weighted by Gasteiger charge is 2.32. The van der Waals surface area contributed by atoms with Gasteiger partial charge in [0.15, 0.2) is 6.10 Å². The fourth-order valence-corrected chi connectivity index (χ4v) is 2.99. The van der Waals surface area contributed by atoms with Crippen LogP contribution in [-0.2, 0) is 9.53 Å². The summed E-state index contributed by atoms with van der Waals surface area (Å²) >= 11 is 0. The van der Waals surface area contributed by atoms with Crippen LogP contribution in [0.3, 0.4) is 0 Å². The maximum atomic E-state index is 10.8. The summed E-state index contributed by atoms with van der Waals surface area (Å²) in [5, 5.41) is 18.7. The van der Waals surface area contributed by atoms with Crippen LogP contribution in [0.1, 0.15) is 26.7 Å². The second-order valence-corrected chi connectivity index (χ2v) is 6.55. The maximum Gasteiger partial charge on any atom is 0.332 e. The fourth-order valence-electron chi connectivity index (χ4n) is 2.99. The highest BCUT2D eigenvalue weighted by atomic mass is 16.5. The Hall–Kier alpha value is -0.690. The first-order valence-corrected chi connectivity index (χ1v) is 7.39. The molecular formula is C14H26N2O4. The lowest BCUT2D eigenvalue weighted by Crippen LogP contribution is -2.51. The summed E-state index contributed by atoms with van der Waals surface area (Å²) in [6.45, 7) is 8.97. The largest absolute Gasteiger partial charge is 0.479 e. The Morgan fingerprint density at radius 3 is 2.30 bits per heavy atom. The minimum atomic E-state index is -0.845. The lowest BCUT2D eigenvalue weighted by molar-refractivity contribution is -0.149. The van der Waals surface area contributed by atoms with E-state index in [1.54, 1.807) is 0 Å². The van der Waals surface area contributed by atoms with Crippen molar-refractivity contribution in [2.45, 2.75) is 44.5 Å². The molecule has 2 atom stereocenters. The summed E-state index contributed by atoms with van der Waals surface area (Å²) in [4.78, 5) is 15.4. The van der Waals surface area contributed by atoms with Crippen LogP contribution in [0.5, 0.6) is 0 Å². The third kappa shape index (κ3) is 4.70. The molecule has 0 saturated carbocycles. The Bertz CT molecular complexity index is 335. The normalized spacial score (nSPS) is 29.8. The van der Waals surface area contributed by atoms with Crippen molar-refractivity contribution in [3.05, 3.63) is 0 Å². The molecular weight excluding hydrogens is 260 g/mol. The van der Waals surface area contributed by atoms with Crippen LogP contribution in [0.15, 0.2) is 0 Å². The van der Waals surface area contributed by atoms with E-state index in [2.05, 4.69) is 9.80 Å². The number of ether oxygens (including phenoxy) is 1. The van der Waals surface area contributed by atoms with Crippen LogP contribution in [0.2, 0.25) is 0 Å². The Labute approximate surface area is 120 Å². The zero-order valence-corrected chi connectivity index (χ0v) is 12.4. The second kappa shape index (κ2) is 6.39. The Morgan fingerprint density at radius 1 is 1.20 bits per heavy atom. The van der Waals surface area contributed by atoms with Crippen LogP contribution in [0, 0.1) is 0 Å². The zero-order valence-electron chi connectivity index (χ0n) is 12.4. The van der Waals surface area contributed by atoms with E-state index >= 15 is 0 Å². The average molecular weight is 286 g/mol. The summed E-state index contributed by atoms with van der Waals surface area (Å²) in [5.41, 5.74) is -0.647. The van der Waals surface area contributed by atoms with Gasteiger partial charge >= 0.3 is 5.97 Å².